The first-order valence-corrected chi connectivity index (χ1v) is 25.6. The van der Waals surface area contributed by atoms with Crippen molar-refractivity contribution >= 4 is 25.2 Å². The number of benzene rings is 1. The lowest BCUT2D eigenvalue weighted by Gasteiger charge is -2.35. The van der Waals surface area contributed by atoms with Gasteiger partial charge in [0.15, 0.2) is 0 Å². The first-order chi connectivity index (χ1) is 31.2. The molecule has 0 amide bonds. The van der Waals surface area contributed by atoms with Crippen molar-refractivity contribution in [2.75, 3.05) is 160 Å². The van der Waals surface area contributed by atoms with Gasteiger partial charge < -0.3 is 72.0 Å². The van der Waals surface area contributed by atoms with E-state index in [1.165, 1.54) is 169 Å². The molecule has 0 radical (unpaired) electrons. The number of hydrogen-bond donors (Lipinski definition) is 1. The normalized spacial score (nSPS) is 10.9. The molecule has 0 unspecified atom stereocenters. The molecule has 1 rings (SSSR count). The summed E-state index contributed by atoms with van der Waals surface area (Å²) in [6, 6.07) is 5.54. The van der Waals surface area contributed by atoms with Crippen molar-refractivity contribution < 1.29 is 76.8 Å². The van der Waals surface area contributed by atoms with Crippen LogP contribution in [-0.4, -0.2) is 217 Å². The van der Waals surface area contributed by atoms with Crippen LogP contribution in [0.25, 0.3) is 0 Å². The van der Waals surface area contributed by atoms with Gasteiger partial charge in [0.05, 0.1) is 178 Å². The van der Waals surface area contributed by atoms with Gasteiger partial charge >= 0.3 is 5.97 Å². The number of carbonyl (C=O) groups is 3. The van der Waals surface area contributed by atoms with Gasteiger partial charge in [0.25, 0.3) is 0 Å². The Hall–Kier alpha value is -2.87. The zero-order chi connectivity index (χ0) is 56.0. The average molecular weight is 981 g/mol. The summed E-state index contributed by atoms with van der Waals surface area (Å²) in [4.78, 5) is 28.1. The van der Waals surface area contributed by atoms with E-state index in [2.05, 4.69) is 167 Å². The Morgan fingerprint density at radius 1 is 0.382 bits per heavy atom. The van der Waals surface area contributed by atoms with Crippen LogP contribution >= 0.6 is 0 Å². The highest BCUT2D eigenvalue weighted by Crippen LogP contribution is 2.11. The minimum Gasteiger partial charge on any atom is -0.907 e. The maximum atomic E-state index is 10.7. The molecule has 0 aliphatic heterocycles. The Labute approximate surface area is 421 Å². The number of aliphatic carboxylic acids is 2. The molecule has 16 nitrogen and oxygen atoms in total. The minimum atomic E-state index is -2.92. The molecule has 68 heavy (non-hydrogen) atoms. The van der Waals surface area contributed by atoms with Crippen LogP contribution < -0.4 is 30.4 Å². The average Bonchev–Trinajstić information content (AvgIpc) is 3.36. The summed E-state index contributed by atoms with van der Waals surface area (Å²) in [5.74, 6) is -5.99. The van der Waals surface area contributed by atoms with E-state index in [1.54, 1.807) is 0 Å². The van der Waals surface area contributed by atoms with Crippen LogP contribution in [0.1, 0.15) is 135 Å². The molecular formula is C51H113BN6O10. The van der Waals surface area contributed by atoms with Crippen LogP contribution in [0.3, 0.4) is 0 Å². The molecule has 0 aliphatic carbocycles. The number of aromatic carboxylic acids is 1. The monoisotopic (exact) mass is 981 g/mol. The molecule has 410 valence electrons. The van der Waals surface area contributed by atoms with E-state index in [9.17, 15) is 9.90 Å². The van der Waals surface area contributed by atoms with Crippen molar-refractivity contribution in [1.82, 2.24) is 0 Å². The van der Waals surface area contributed by atoms with E-state index in [0.29, 0.717) is 0 Å². The molecule has 1 aromatic carbocycles. The Morgan fingerprint density at radius 3 is 0.574 bits per heavy atom. The highest BCUT2D eigenvalue weighted by molar-refractivity contribution is 6.25. The van der Waals surface area contributed by atoms with E-state index >= 15 is 0 Å². The highest BCUT2D eigenvalue weighted by Gasteiger charge is 2.14. The Balaban J connectivity index is -0.0000001000. The van der Waals surface area contributed by atoms with Gasteiger partial charge in [-0.1, -0.05) is 23.9 Å². The summed E-state index contributed by atoms with van der Waals surface area (Å²) < 4.78 is 7.25. The molecule has 1 N–H and O–H groups in total. The molecule has 0 saturated carbocycles. The highest BCUT2D eigenvalue weighted by atomic mass is 16.5. The van der Waals surface area contributed by atoms with Crippen LogP contribution in [0.5, 0.6) is 5.75 Å². The lowest BCUT2D eigenvalue weighted by atomic mass is 10.2. The van der Waals surface area contributed by atoms with Gasteiger partial charge in [0.1, 0.15) is 0 Å². The van der Waals surface area contributed by atoms with Crippen molar-refractivity contribution in [2.45, 2.75) is 125 Å². The molecule has 0 aromatic heterocycles. The number of carboxylic acid groups (broad SMARTS) is 3. The zero-order valence-corrected chi connectivity index (χ0v) is 48.9. The Kier molecular flexibility index (Phi) is 57.7. The van der Waals surface area contributed by atoms with Gasteiger partial charge in [-0.25, -0.2) is 4.79 Å². The van der Waals surface area contributed by atoms with Crippen LogP contribution in [0.4, 0.5) is 0 Å². The standard InChI is InChI=1S/6C7H18N.C7H6O3.C2H2O4.BO3/c6*1-5-8(4,6-2)7-3;8-6-4-2-1-3-5(6)7(9)10;3-1(4)2(5)6;2-1(3)4/h6*5-7H2,1-4H3;1-4,8H,(H,9,10);(H,3,4)(H,5,6);/q6*+1;;;-3/p-3. The van der Waals surface area contributed by atoms with Crippen molar-refractivity contribution in [1.29, 1.82) is 0 Å². The smallest absolute Gasteiger partial charge is 0.335 e. The maximum absolute atomic E-state index is 10.7. The van der Waals surface area contributed by atoms with E-state index in [1.807, 2.05) is 0 Å². The van der Waals surface area contributed by atoms with E-state index in [0.717, 1.165) is 0 Å². The number of hydrogen-bond acceptors (Lipinski definition) is 9. The van der Waals surface area contributed by atoms with Gasteiger partial charge in [-0.3, -0.25) is 7.32 Å². The molecule has 0 fully saturated rings. The summed E-state index contributed by atoms with van der Waals surface area (Å²) in [5, 5.41) is 62.1. The second-order valence-corrected chi connectivity index (χ2v) is 18.1. The Bertz CT molecular complexity index is 1080. The van der Waals surface area contributed by atoms with Crippen molar-refractivity contribution in [3.8, 4) is 5.75 Å². The largest absolute Gasteiger partial charge is 0.907 e. The fraction of sp³-hybridized carbons (Fsp3) is 0.824. The third-order valence-electron chi connectivity index (χ3n) is 15.0. The van der Waals surface area contributed by atoms with Crippen LogP contribution in [-0.2, 0) is 9.59 Å². The zero-order valence-electron chi connectivity index (χ0n) is 48.9. The number of rotatable bonds is 19. The first-order valence-electron chi connectivity index (χ1n) is 25.6. The molecule has 0 atom stereocenters. The van der Waals surface area contributed by atoms with Gasteiger partial charge in [-0.15, -0.1) is 0 Å². The molecule has 17 heteroatoms. The van der Waals surface area contributed by atoms with E-state index in [-0.39, 0.29) is 5.56 Å². The van der Waals surface area contributed by atoms with Crippen LogP contribution in [0.2, 0.25) is 0 Å². The lowest BCUT2D eigenvalue weighted by molar-refractivity contribution is -0.904. The second-order valence-electron chi connectivity index (χ2n) is 18.1. The number of carbonyl (C=O) groups excluding carboxylic acids is 2. The van der Waals surface area contributed by atoms with Crippen molar-refractivity contribution in [3.63, 3.8) is 0 Å². The fourth-order valence-electron chi connectivity index (χ4n) is 4.67. The molecular weight excluding hydrogens is 867 g/mol. The van der Waals surface area contributed by atoms with Crippen LogP contribution in [0.15, 0.2) is 24.3 Å². The van der Waals surface area contributed by atoms with Gasteiger partial charge in [0.2, 0.25) is 0 Å². The predicted molar refractivity (Wildman–Crippen MR) is 275 cm³/mol. The number of carboxylic acids is 3. The quantitative estimate of drug-likeness (QED) is 0.121. The summed E-state index contributed by atoms with van der Waals surface area (Å²) >= 11 is 0. The summed E-state index contributed by atoms with van der Waals surface area (Å²) in [7, 11) is 10.8. The number of quaternary nitrogens is 6. The number of para-hydroxylation sites is 1. The van der Waals surface area contributed by atoms with E-state index in [4.69, 9.17) is 40.0 Å². The van der Waals surface area contributed by atoms with Gasteiger partial charge in [-0.05, 0) is 131 Å². The summed E-state index contributed by atoms with van der Waals surface area (Å²) in [5.41, 5.74) is -0.178. The maximum Gasteiger partial charge on any atom is 0.335 e. The molecule has 0 aliphatic rings. The van der Waals surface area contributed by atoms with Gasteiger partial charge in [0, 0.05) is 0 Å². The first kappa shape index (κ1) is 82.1. The summed E-state index contributed by atoms with van der Waals surface area (Å²) in [6.07, 6.45) is 0. The van der Waals surface area contributed by atoms with Gasteiger partial charge in [-0.2, -0.15) is 0 Å². The second kappa shape index (κ2) is 47.8. The molecule has 0 bridgehead atoms. The third-order valence-corrected chi connectivity index (χ3v) is 15.0. The van der Waals surface area contributed by atoms with Crippen molar-refractivity contribution in [2.24, 2.45) is 0 Å². The predicted octanol–water partition coefficient (Wildman–Crippen LogP) is 1.95. The topological polar surface area (TPSA) is 210 Å². The molecule has 0 spiro atoms. The van der Waals surface area contributed by atoms with E-state index < -0.39 is 31.0 Å². The third kappa shape index (κ3) is 49.6. The van der Waals surface area contributed by atoms with Crippen molar-refractivity contribution in [3.05, 3.63) is 29.8 Å². The molecule has 0 saturated heterocycles. The SMILES string of the molecule is CC[N+](C)(CC)CC.CC[N+](C)(CC)CC.CC[N+](C)(CC)CC.CC[N+](C)(CC)CC.CC[N+](C)(CC)CC.CC[N+](C)(CC)CC.O=C(O)c1ccccc1[O-].O=C([O-])C(=O)[O-].[O-]B([O-])[O-]. The lowest BCUT2D eigenvalue weighted by Crippen LogP contribution is -2.56. The molecule has 1 aromatic rings. The Morgan fingerprint density at radius 2 is 0.515 bits per heavy atom. The fourth-order valence-corrected chi connectivity index (χ4v) is 4.67. The van der Waals surface area contributed by atoms with Crippen LogP contribution in [0, 0.1) is 0 Å². The number of nitrogens with zero attached hydrogens (tertiary/aromatic N) is 6. The molecule has 0 heterocycles. The minimum absolute atomic E-state index is 0.178. The summed E-state index contributed by atoms with van der Waals surface area (Å²) in [6.45, 7) is 63.0.